The lowest BCUT2D eigenvalue weighted by atomic mass is 9.97. The third kappa shape index (κ3) is 4.05. The van der Waals surface area contributed by atoms with Crippen molar-refractivity contribution in [1.82, 2.24) is 0 Å². The molecular weight excluding hydrogens is 261 g/mol. The second-order valence-corrected chi connectivity index (χ2v) is 5.30. The molecule has 2 rings (SSSR count). The lowest BCUT2D eigenvalue weighted by molar-refractivity contribution is 0.621. The molecule has 3 heteroatoms. The SMILES string of the molecule is Cc1cc(F)ccc1CC(N)Cc1ccc(Cl)cc1. The minimum absolute atomic E-state index is 0.0188. The molecule has 0 heterocycles. The summed E-state index contributed by atoms with van der Waals surface area (Å²) < 4.78 is 13.0. The van der Waals surface area contributed by atoms with Crippen LogP contribution in [0.3, 0.4) is 0 Å². The molecule has 0 aliphatic rings. The van der Waals surface area contributed by atoms with Crippen molar-refractivity contribution in [3.8, 4) is 0 Å². The first-order chi connectivity index (χ1) is 9.04. The van der Waals surface area contributed by atoms with Gasteiger partial charge in [-0.25, -0.2) is 4.39 Å². The van der Waals surface area contributed by atoms with Crippen LogP contribution in [0.2, 0.25) is 5.02 Å². The van der Waals surface area contributed by atoms with Gasteiger partial charge in [0.05, 0.1) is 0 Å². The van der Waals surface area contributed by atoms with Crippen molar-refractivity contribution >= 4 is 11.6 Å². The van der Waals surface area contributed by atoms with Gasteiger partial charge in [0.25, 0.3) is 0 Å². The molecule has 1 unspecified atom stereocenters. The summed E-state index contributed by atoms with van der Waals surface area (Å²) in [4.78, 5) is 0. The third-order valence-corrected chi connectivity index (χ3v) is 3.45. The van der Waals surface area contributed by atoms with E-state index < -0.39 is 0 Å². The average molecular weight is 278 g/mol. The summed E-state index contributed by atoms with van der Waals surface area (Å²) in [5.41, 5.74) is 9.37. The molecule has 1 atom stereocenters. The molecule has 1 nitrogen and oxygen atoms in total. The van der Waals surface area contributed by atoms with E-state index in [2.05, 4.69) is 0 Å². The molecule has 0 saturated heterocycles. The van der Waals surface area contributed by atoms with Crippen LogP contribution >= 0.6 is 11.6 Å². The Morgan fingerprint density at radius 1 is 1.11 bits per heavy atom. The first-order valence-electron chi connectivity index (χ1n) is 6.29. The summed E-state index contributed by atoms with van der Waals surface area (Å²) in [5, 5.41) is 0.728. The number of rotatable bonds is 4. The smallest absolute Gasteiger partial charge is 0.123 e. The van der Waals surface area contributed by atoms with Crippen molar-refractivity contribution < 1.29 is 4.39 Å². The van der Waals surface area contributed by atoms with Gasteiger partial charge in [0, 0.05) is 11.1 Å². The van der Waals surface area contributed by atoms with Crippen molar-refractivity contribution in [1.29, 1.82) is 0 Å². The summed E-state index contributed by atoms with van der Waals surface area (Å²) in [6.07, 6.45) is 1.53. The van der Waals surface area contributed by atoms with Gasteiger partial charge in [-0.3, -0.25) is 0 Å². The Balaban J connectivity index is 2.01. The molecule has 0 aromatic heterocycles. The summed E-state index contributed by atoms with van der Waals surface area (Å²) in [6, 6.07) is 12.6. The fourth-order valence-electron chi connectivity index (χ4n) is 2.17. The number of halogens is 2. The monoisotopic (exact) mass is 277 g/mol. The molecule has 100 valence electrons. The van der Waals surface area contributed by atoms with Crippen LogP contribution in [-0.2, 0) is 12.8 Å². The van der Waals surface area contributed by atoms with Gasteiger partial charge >= 0.3 is 0 Å². The summed E-state index contributed by atoms with van der Waals surface area (Å²) in [7, 11) is 0. The van der Waals surface area contributed by atoms with E-state index in [1.54, 1.807) is 6.07 Å². The molecule has 0 aliphatic carbocycles. The molecule has 2 aromatic carbocycles. The summed E-state index contributed by atoms with van der Waals surface area (Å²) >= 11 is 5.85. The maximum absolute atomic E-state index is 13.0. The fourth-order valence-corrected chi connectivity index (χ4v) is 2.29. The van der Waals surface area contributed by atoms with Crippen LogP contribution in [0.4, 0.5) is 4.39 Å². The second kappa shape index (κ2) is 6.18. The molecule has 0 fully saturated rings. The quantitative estimate of drug-likeness (QED) is 0.901. The predicted octanol–water partition coefficient (Wildman–Crippen LogP) is 3.90. The van der Waals surface area contributed by atoms with Crippen molar-refractivity contribution in [2.45, 2.75) is 25.8 Å². The van der Waals surface area contributed by atoms with Crippen LogP contribution in [0.5, 0.6) is 0 Å². The van der Waals surface area contributed by atoms with Crippen LogP contribution in [0.1, 0.15) is 16.7 Å². The lowest BCUT2D eigenvalue weighted by Gasteiger charge is -2.13. The molecule has 0 amide bonds. The van der Waals surface area contributed by atoms with Crippen LogP contribution in [-0.4, -0.2) is 6.04 Å². The molecule has 2 N–H and O–H groups in total. The number of hydrogen-bond donors (Lipinski definition) is 1. The van der Waals surface area contributed by atoms with Gasteiger partial charge < -0.3 is 5.73 Å². The number of hydrogen-bond acceptors (Lipinski definition) is 1. The van der Waals surface area contributed by atoms with Gasteiger partial charge in [-0.05, 0) is 60.7 Å². The van der Waals surface area contributed by atoms with E-state index in [-0.39, 0.29) is 11.9 Å². The van der Waals surface area contributed by atoms with Crippen LogP contribution < -0.4 is 5.73 Å². The Morgan fingerprint density at radius 2 is 1.79 bits per heavy atom. The normalized spacial score (nSPS) is 12.4. The van der Waals surface area contributed by atoms with Crippen LogP contribution in [0.25, 0.3) is 0 Å². The Hall–Kier alpha value is -1.38. The Bertz CT molecular complexity index is 551. The molecule has 0 saturated carbocycles. The van der Waals surface area contributed by atoms with Gasteiger partial charge in [0.15, 0.2) is 0 Å². The highest BCUT2D eigenvalue weighted by Crippen LogP contribution is 2.15. The van der Waals surface area contributed by atoms with E-state index in [0.717, 1.165) is 34.6 Å². The molecule has 0 aliphatic heterocycles. The first-order valence-corrected chi connectivity index (χ1v) is 6.67. The van der Waals surface area contributed by atoms with E-state index in [1.807, 2.05) is 37.3 Å². The van der Waals surface area contributed by atoms with E-state index in [9.17, 15) is 4.39 Å². The van der Waals surface area contributed by atoms with E-state index in [0.29, 0.717) is 0 Å². The standard InChI is InChI=1S/C16H17ClFN/c1-11-8-15(18)7-4-13(11)10-16(19)9-12-2-5-14(17)6-3-12/h2-8,16H,9-10,19H2,1H3. The largest absolute Gasteiger partial charge is 0.327 e. The molecule has 19 heavy (non-hydrogen) atoms. The van der Waals surface area contributed by atoms with E-state index in [1.165, 1.54) is 6.07 Å². The molecular formula is C16H17ClFN. The number of benzene rings is 2. The van der Waals surface area contributed by atoms with Gasteiger partial charge in [0.1, 0.15) is 5.82 Å². The lowest BCUT2D eigenvalue weighted by Crippen LogP contribution is -2.25. The number of aryl methyl sites for hydroxylation is 1. The Morgan fingerprint density at radius 3 is 2.42 bits per heavy atom. The van der Waals surface area contributed by atoms with E-state index in [4.69, 9.17) is 17.3 Å². The summed E-state index contributed by atoms with van der Waals surface area (Å²) in [5.74, 6) is -0.201. The van der Waals surface area contributed by atoms with Gasteiger partial charge in [-0.2, -0.15) is 0 Å². The predicted molar refractivity (Wildman–Crippen MR) is 78.0 cm³/mol. The van der Waals surface area contributed by atoms with Crippen LogP contribution in [0.15, 0.2) is 42.5 Å². The topological polar surface area (TPSA) is 26.0 Å². The van der Waals surface area contributed by atoms with Crippen molar-refractivity contribution in [3.05, 3.63) is 70.0 Å². The minimum Gasteiger partial charge on any atom is -0.327 e. The highest BCUT2D eigenvalue weighted by atomic mass is 35.5. The third-order valence-electron chi connectivity index (χ3n) is 3.20. The second-order valence-electron chi connectivity index (χ2n) is 4.87. The van der Waals surface area contributed by atoms with E-state index >= 15 is 0 Å². The molecule has 0 bridgehead atoms. The molecule has 2 aromatic rings. The van der Waals surface area contributed by atoms with Crippen molar-refractivity contribution in [2.24, 2.45) is 5.73 Å². The average Bonchev–Trinajstić information content (AvgIpc) is 2.36. The Labute approximate surface area is 118 Å². The van der Waals surface area contributed by atoms with Gasteiger partial charge in [-0.15, -0.1) is 0 Å². The zero-order valence-electron chi connectivity index (χ0n) is 10.9. The van der Waals surface area contributed by atoms with Crippen LogP contribution in [0, 0.1) is 12.7 Å². The van der Waals surface area contributed by atoms with Gasteiger partial charge in [0.2, 0.25) is 0 Å². The Kier molecular flexibility index (Phi) is 4.56. The first kappa shape index (κ1) is 14.0. The zero-order valence-corrected chi connectivity index (χ0v) is 11.6. The maximum Gasteiger partial charge on any atom is 0.123 e. The maximum atomic E-state index is 13.0. The molecule has 0 radical (unpaired) electrons. The minimum atomic E-state index is -0.201. The van der Waals surface area contributed by atoms with Gasteiger partial charge in [-0.1, -0.05) is 29.8 Å². The zero-order chi connectivity index (χ0) is 13.8. The van der Waals surface area contributed by atoms with Crippen molar-refractivity contribution in [2.75, 3.05) is 0 Å². The fraction of sp³-hybridized carbons (Fsp3) is 0.250. The highest BCUT2D eigenvalue weighted by molar-refractivity contribution is 6.30. The number of nitrogens with two attached hydrogens (primary N) is 1. The molecule has 0 spiro atoms. The summed E-state index contributed by atoms with van der Waals surface area (Å²) in [6.45, 7) is 1.91. The highest BCUT2D eigenvalue weighted by Gasteiger charge is 2.08. The van der Waals surface area contributed by atoms with Crippen molar-refractivity contribution in [3.63, 3.8) is 0 Å².